The standard InChI is InChI=1S/C8H8N4O2/c13-7-5-3-14-2-1-6(5)11-12-4-9-10-8(7)12/h4,11H,1-3H2. The molecule has 2 aromatic rings. The lowest BCUT2D eigenvalue weighted by Crippen LogP contribution is -2.24. The third kappa shape index (κ3) is 0.912. The molecule has 1 aliphatic rings. The van der Waals surface area contributed by atoms with Crippen molar-refractivity contribution in [2.45, 2.75) is 13.0 Å². The van der Waals surface area contributed by atoms with Crippen LogP contribution in [-0.2, 0) is 17.8 Å². The Hall–Kier alpha value is -1.69. The third-order valence-electron chi connectivity index (χ3n) is 2.39. The van der Waals surface area contributed by atoms with Gasteiger partial charge in [0, 0.05) is 12.1 Å². The van der Waals surface area contributed by atoms with Gasteiger partial charge in [0.1, 0.15) is 6.33 Å². The fourth-order valence-electron chi connectivity index (χ4n) is 1.66. The van der Waals surface area contributed by atoms with Crippen LogP contribution in [0.1, 0.15) is 11.3 Å². The Kier molecular flexibility index (Phi) is 1.45. The van der Waals surface area contributed by atoms with Crippen LogP contribution in [0.3, 0.4) is 0 Å². The van der Waals surface area contributed by atoms with Gasteiger partial charge in [-0.1, -0.05) is 0 Å². The smallest absolute Gasteiger partial charge is 0.232 e. The first-order valence-corrected chi connectivity index (χ1v) is 4.38. The van der Waals surface area contributed by atoms with Crippen molar-refractivity contribution >= 4 is 5.65 Å². The van der Waals surface area contributed by atoms with Crippen molar-refractivity contribution < 1.29 is 4.74 Å². The number of H-pyrrole nitrogens is 1. The Labute approximate surface area is 78.5 Å². The second-order valence-corrected chi connectivity index (χ2v) is 3.23. The van der Waals surface area contributed by atoms with E-state index in [0.717, 1.165) is 12.1 Å². The number of rotatable bonds is 0. The number of nitrogens with one attached hydrogen (secondary N) is 1. The van der Waals surface area contributed by atoms with E-state index >= 15 is 0 Å². The zero-order chi connectivity index (χ0) is 9.54. The van der Waals surface area contributed by atoms with E-state index in [-0.39, 0.29) is 5.43 Å². The second-order valence-electron chi connectivity index (χ2n) is 3.23. The van der Waals surface area contributed by atoms with Gasteiger partial charge in [-0.25, -0.2) is 4.52 Å². The van der Waals surface area contributed by atoms with Crippen molar-refractivity contribution in [2.24, 2.45) is 0 Å². The monoisotopic (exact) mass is 192 g/mol. The van der Waals surface area contributed by atoms with Gasteiger partial charge in [0.25, 0.3) is 0 Å². The number of hydrogen-bond acceptors (Lipinski definition) is 4. The normalized spacial score (nSPS) is 15.7. The number of aromatic amines is 1. The molecular formula is C8H8N4O2. The zero-order valence-electron chi connectivity index (χ0n) is 7.36. The molecule has 0 saturated heterocycles. The highest BCUT2D eigenvalue weighted by molar-refractivity contribution is 5.40. The van der Waals surface area contributed by atoms with E-state index in [1.54, 1.807) is 4.52 Å². The lowest BCUT2D eigenvalue weighted by Gasteiger charge is -2.15. The van der Waals surface area contributed by atoms with E-state index in [4.69, 9.17) is 4.74 Å². The summed E-state index contributed by atoms with van der Waals surface area (Å²) in [6, 6.07) is 0. The number of hydrogen-bond donors (Lipinski definition) is 1. The zero-order valence-corrected chi connectivity index (χ0v) is 7.36. The van der Waals surface area contributed by atoms with Crippen molar-refractivity contribution in [2.75, 3.05) is 6.61 Å². The van der Waals surface area contributed by atoms with Gasteiger partial charge in [-0.2, -0.15) is 0 Å². The van der Waals surface area contributed by atoms with Crippen LogP contribution in [0, 0.1) is 0 Å². The van der Waals surface area contributed by atoms with E-state index < -0.39 is 0 Å². The lowest BCUT2D eigenvalue weighted by atomic mass is 10.1. The van der Waals surface area contributed by atoms with Gasteiger partial charge < -0.3 is 4.74 Å². The number of aromatic nitrogens is 4. The summed E-state index contributed by atoms with van der Waals surface area (Å²) >= 11 is 0. The molecule has 6 heteroatoms. The molecule has 0 unspecified atom stereocenters. The highest BCUT2D eigenvalue weighted by Crippen LogP contribution is 2.10. The van der Waals surface area contributed by atoms with Gasteiger partial charge in [0.05, 0.1) is 18.8 Å². The molecule has 0 bridgehead atoms. The molecule has 0 amide bonds. The highest BCUT2D eigenvalue weighted by atomic mass is 16.5. The molecule has 72 valence electrons. The fraction of sp³-hybridized carbons (Fsp3) is 0.375. The van der Waals surface area contributed by atoms with Crippen LogP contribution in [0.15, 0.2) is 11.1 Å². The van der Waals surface area contributed by atoms with E-state index in [0.29, 0.717) is 24.4 Å². The Morgan fingerprint density at radius 3 is 3.43 bits per heavy atom. The lowest BCUT2D eigenvalue weighted by molar-refractivity contribution is 0.108. The van der Waals surface area contributed by atoms with Gasteiger partial charge in [-0.3, -0.25) is 9.89 Å². The Bertz CT molecular complexity index is 542. The van der Waals surface area contributed by atoms with E-state index in [1.807, 2.05) is 0 Å². The van der Waals surface area contributed by atoms with Gasteiger partial charge in [-0.15, -0.1) is 10.2 Å². The predicted molar refractivity (Wildman–Crippen MR) is 47.0 cm³/mol. The second kappa shape index (κ2) is 2.65. The molecule has 2 aromatic heterocycles. The maximum atomic E-state index is 11.8. The minimum atomic E-state index is -0.0871. The van der Waals surface area contributed by atoms with E-state index in [9.17, 15) is 4.79 Å². The van der Waals surface area contributed by atoms with Crippen LogP contribution in [0.5, 0.6) is 0 Å². The first-order chi connectivity index (χ1) is 6.86. The Morgan fingerprint density at radius 2 is 2.50 bits per heavy atom. The molecule has 1 aliphatic heterocycles. The molecule has 0 aliphatic carbocycles. The number of nitrogens with zero attached hydrogens (tertiary/aromatic N) is 3. The van der Waals surface area contributed by atoms with Gasteiger partial charge in [0.2, 0.25) is 11.1 Å². The molecule has 3 heterocycles. The van der Waals surface area contributed by atoms with Crippen LogP contribution in [0.4, 0.5) is 0 Å². The van der Waals surface area contributed by atoms with E-state index in [1.165, 1.54) is 6.33 Å². The molecule has 1 N–H and O–H groups in total. The van der Waals surface area contributed by atoms with Gasteiger partial charge >= 0.3 is 0 Å². The summed E-state index contributed by atoms with van der Waals surface area (Å²) in [7, 11) is 0. The molecular weight excluding hydrogens is 184 g/mol. The van der Waals surface area contributed by atoms with Crippen LogP contribution < -0.4 is 5.43 Å². The largest absolute Gasteiger partial charge is 0.376 e. The molecule has 3 rings (SSSR count). The minimum absolute atomic E-state index is 0.0871. The molecule has 0 aromatic carbocycles. The quantitative estimate of drug-likeness (QED) is 0.610. The van der Waals surface area contributed by atoms with Crippen molar-refractivity contribution in [3.8, 4) is 0 Å². The predicted octanol–water partition coefficient (Wildman–Crippen LogP) is -0.510. The Morgan fingerprint density at radius 1 is 1.57 bits per heavy atom. The average Bonchev–Trinajstić information content (AvgIpc) is 2.66. The SMILES string of the molecule is O=c1c2c([nH]n3cnnc13)CCOC2. The molecule has 0 spiro atoms. The number of fused-ring (bicyclic) bond motifs is 2. The summed E-state index contributed by atoms with van der Waals surface area (Å²) < 4.78 is 6.77. The minimum Gasteiger partial charge on any atom is -0.376 e. The van der Waals surface area contributed by atoms with Crippen LogP contribution in [0.2, 0.25) is 0 Å². The first kappa shape index (κ1) is 7.69. The van der Waals surface area contributed by atoms with Crippen molar-refractivity contribution in [1.29, 1.82) is 0 Å². The van der Waals surface area contributed by atoms with Crippen molar-refractivity contribution in [3.63, 3.8) is 0 Å². The summed E-state index contributed by atoms with van der Waals surface area (Å²) in [5.74, 6) is 0. The van der Waals surface area contributed by atoms with Gasteiger partial charge in [0.15, 0.2) is 0 Å². The molecule has 0 saturated carbocycles. The van der Waals surface area contributed by atoms with Crippen LogP contribution >= 0.6 is 0 Å². The maximum absolute atomic E-state index is 11.8. The van der Waals surface area contributed by atoms with Crippen molar-refractivity contribution in [1.82, 2.24) is 19.8 Å². The molecule has 0 fully saturated rings. The summed E-state index contributed by atoms with van der Waals surface area (Å²) in [4.78, 5) is 11.8. The first-order valence-electron chi connectivity index (χ1n) is 4.38. The highest BCUT2D eigenvalue weighted by Gasteiger charge is 2.16. The summed E-state index contributed by atoms with van der Waals surface area (Å²) in [5, 5.41) is 10.5. The summed E-state index contributed by atoms with van der Waals surface area (Å²) in [6.07, 6.45) is 2.23. The maximum Gasteiger partial charge on any atom is 0.232 e. The molecule has 6 nitrogen and oxygen atoms in total. The third-order valence-corrected chi connectivity index (χ3v) is 2.39. The van der Waals surface area contributed by atoms with Crippen molar-refractivity contribution in [3.05, 3.63) is 27.8 Å². The Balaban J connectivity index is 2.42. The van der Waals surface area contributed by atoms with Crippen LogP contribution in [-0.4, -0.2) is 26.4 Å². The van der Waals surface area contributed by atoms with Crippen LogP contribution in [0.25, 0.3) is 5.65 Å². The van der Waals surface area contributed by atoms with E-state index in [2.05, 4.69) is 15.3 Å². The molecule has 14 heavy (non-hydrogen) atoms. The average molecular weight is 192 g/mol. The topological polar surface area (TPSA) is 72.3 Å². The fourth-order valence-corrected chi connectivity index (χ4v) is 1.66. The summed E-state index contributed by atoms with van der Waals surface area (Å²) in [6.45, 7) is 1.02. The molecule has 0 radical (unpaired) electrons. The van der Waals surface area contributed by atoms with Gasteiger partial charge in [-0.05, 0) is 0 Å². The molecule has 0 atom stereocenters. The summed E-state index contributed by atoms with van der Waals surface area (Å²) in [5.41, 5.74) is 1.84. The number of ether oxygens (including phenoxy) is 1.